The Kier molecular flexibility index (Phi) is 3.82. The van der Waals surface area contributed by atoms with E-state index in [4.69, 9.17) is 0 Å². The SMILES string of the molecule is CCc1nc(N2CC(C)CCC2C)sc1C=O. The smallest absolute Gasteiger partial charge is 0.186 e. The Morgan fingerprint density at radius 1 is 1.47 bits per heavy atom. The molecule has 2 rings (SSSR count). The Bertz CT molecular complexity index is 402. The molecule has 3 nitrogen and oxygen atoms in total. The van der Waals surface area contributed by atoms with Gasteiger partial charge in [-0.25, -0.2) is 4.98 Å². The number of piperidine rings is 1. The first-order valence-electron chi connectivity index (χ1n) is 6.37. The number of aryl methyl sites for hydroxylation is 1. The fraction of sp³-hybridized carbons (Fsp3) is 0.692. The number of carbonyl (C=O) groups is 1. The number of aldehydes is 1. The number of carbonyl (C=O) groups excluding carboxylic acids is 1. The molecule has 0 radical (unpaired) electrons. The van der Waals surface area contributed by atoms with Crippen LogP contribution in [0.3, 0.4) is 0 Å². The van der Waals surface area contributed by atoms with Crippen molar-refractivity contribution in [3.8, 4) is 0 Å². The maximum atomic E-state index is 11.0. The Morgan fingerprint density at radius 2 is 2.24 bits per heavy atom. The molecule has 1 aromatic rings. The van der Waals surface area contributed by atoms with Crippen LogP contribution >= 0.6 is 11.3 Å². The fourth-order valence-corrected chi connectivity index (χ4v) is 3.45. The molecule has 4 heteroatoms. The van der Waals surface area contributed by atoms with Crippen molar-refractivity contribution < 1.29 is 4.79 Å². The number of anilines is 1. The van der Waals surface area contributed by atoms with E-state index in [-0.39, 0.29) is 0 Å². The van der Waals surface area contributed by atoms with Crippen LogP contribution in [0.15, 0.2) is 0 Å². The molecule has 2 heterocycles. The molecular formula is C13H20N2OS. The molecule has 0 amide bonds. The van der Waals surface area contributed by atoms with Gasteiger partial charge >= 0.3 is 0 Å². The summed E-state index contributed by atoms with van der Waals surface area (Å²) in [4.78, 5) is 18.8. The maximum Gasteiger partial charge on any atom is 0.186 e. The zero-order valence-corrected chi connectivity index (χ0v) is 11.6. The lowest BCUT2D eigenvalue weighted by Crippen LogP contribution is -2.41. The number of nitrogens with zero attached hydrogens (tertiary/aromatic N) is 2. The number of thiazole rings is 1. The van der Waals surface area contributed by atoms with Crippen LogP contribution in [0, 0.1) is 5.92 Å². The molecular weight excluding hydrogens is 232 g/mol. The third-order valence-electron chi connectivity index (χ3n) is 3.52. The van der Waals surface area contributed by atoms with Crippen LogP contribution in [-0.4, -0.2) is 23.9 Å². The molecule has 1 aliphatic heterocycles. The Labute approximate surface area is 107 Å². The topological polar surface area (TPSA) is 33.2 Å². The summed E-state index contributed by atoms with van der Waals surface area (Å²) in [7, 11) is 0. The van der Waals surface area contributed by atoms with E-state index >= 15 is 0 Å². The van der Waals surface area contributed by atoms with Crippen LogP contribution in [0.1, 0.15) is 49.0 Å². The number of hydrogen-bond acceptors (Lipinski definition) is 4. The van der Waals surface area contributed by atoms with Crippen molar-refractivity contribution in [1.82, 2.24) is 4.98 Å². The van der Waals surface area contributed by atoms with Gasteiger partial charge in [-0.05, 0) is 32.1 Å². The molecule has 0 spiro atoms. The molecule has 1 fully saturated rings. The molecule has 1 saturated heterocycles. The molecule has 0 bridgehead atoms. The number of aromatic nitrogens is 1. The third kappa shape index (κ3) is 2.51. The zero-order valence-electron chi connectivity index (χ0n) is 10.8. The van der Waals surface area contributed by atoms with Crippen LogP contribution < -0.4 is 4.90 Å². The molecule has 1 aromatic heterocycles. The van der Waals surface area contributed by atoms with Crippen molar-refractivity contribution in [2.75, 3.05) is 11.4 Å². The third-order valence-corrected chi connectivity index (χ3v) is 4.58. The minimum atomic E-state index is 0.543. The minimum Gasteiger partial charge on any atom is -0.345 e. The highest BCUT2D eigenvalue weighted by molar-refractivity contribution is 7.17. The highest BCUT2D eigenvalue weighted by Gasteiger charge is 2.26. The molecule has 0 saturated carbocycles. The molecule has 1 aliphatic rings. The minimum absolute atomic E-state index is 0.543. The van der Waals surface area contributed by atoms with Gasteiger partial charge in [0.2, 0.25) is 0 Å². The lowest BCUT2D eigenvalue weighted by atomic mass is 9.96. The largest absolute Gasteiger partial charge is 0.345 e. The van der Waals surface area contributed by atoms with Gasteiger partial charge in [0.25, 0.3) is 0 Å². The summed E-state index contributed by atoms with van der Waals surface area (Å²) in [5.74, 6) is 0.722. The second-order valence-corrected chi connectivity index (χ2v) is 5.97. The van der Waals surface area contributed by atoms with Crippen molar-refractivity contribution in [3.63, 3.8) is 0 Å². The summed E-state index contributed by atoms with van der Waals surface area (Å²) in [5.41, 5.74) is 0.949. The van der Waals surface area contributed by atoms with Gasteiger partial charge in [0, 0.05) is 12.6 Å². The molecule has 0 aliphatic carbocycles. The Hall–Kier alpha value is -0.900. The Morgan fingerprint density at radius 3 is 2.82 bits per heavy atom. The van der Waals surface area contributed by atoms with E-state index in [1.165, 1.54) is 12.8 Å². The quantitative estimate of drug-likeness (QED) is 0.775. The first kappa shape index (κ1) is 12.6. The van der Waals surface area contributed by atoms with E-state index in [0.29, 0.717) is 6.04 Å². The molecule has 2 unspecified atom stereocenters. The molecule has 17 heavy (non-hydrogen) atoms. The van der Waals surface area contributed by atoms with E-state index in [2.05, 4.69) is 23.7 Å². The second kappa shape index (κ2) is 5.17. The van der Waals surface area contributed by atoms with Crippen molar-refractivity contribution in [2.24, 2.45) is 5.92 Å². The van der Waals surface area contributed by atoms with E-state index in [1.54, 1.807) is 11.3 Å². The van der Waals surface area contributed by atoms with Crippen molar-refractivity contribution in [2.45, 2.75) is 46.1 Å². The van der Waals surface area contributed by atoms with E-state index in [0.717, 1.165) is 40.9 Å². The first-order chi connectivity index (χ1) is 8.15. The van der Waals surface area contributed by atoms with Crippen molar-refractivity contribution >= 4 is 22.8 Å². The van der Waals surface area contributed by atoms with Gasteiger partial charge in [-0.2, -0.15) is 0 Å². The molecule has 94 valence electrons. The summed E-state index contributed by atoms with van der Waals surface area (Å²) < 4.78 is 0. The molecule has 2 atom stereocenters. The summed E-state index contributed by atoms with van der Waals surface area (Å²) in [5, 5.41) is 1.03. The normalized spacial score (nSPS) is 25.0. The van der Waals surface area contributed by atoms with E-state index in [9.17, 15) is 4.79 Å². The van der Waals surface area contributed by atoms with Crippen LogP contribution in [0.5, 0.6) is 0 Å². The number of rotatable bonds is 3. The van der Waals surface area contributed by atoms with Crippen LogP contribution in [0.4, 0.5) is 5.13 Å². The standard InChI is InChI=1S/C13H20N2OS/c1-4-11-12(8-16)17-13(14-11)15-7-9(2)5-6-10(15)3/h8-10H,4-7H2,1-3H3. The Balaban J connectivity index is 2.26. The van der Waals surface area contributed by atoms with Crippen molar-refractivity contribution in [1.29, 1.82) is 0 Å². The average Bonchev–Trinajstić information content (AvgIpc) is 2.75. The maximum absolute atomic E-state index is 11.0. The summed E-state index contributed by atoms with van der Waals surface area (Å²) in [6, 6.07) is 0.543. The highest BCUT2D eigenvalue weighted by Crippen LogP contribution is 2.32. The second-order valence-electron chi connectivity index (χ2n) is 4.96. The summed E-state index contributed by atoms with van der Waals surface area (Å²) in [6.45, 7) is 7.65. The predicted molar refractivity (Wildman–Crippen MR) is 72.1 cm³/mol. The molecule has 0 N–H and O–H groups in total. The monoisotopic (exact) mass is 252 g/mol. The van der Waals surface area contributed by atoms with Gasteiger partial charge in [-0.1, -0.05) is 25.2 Å². The van der Waals surface area contributed by atoms with Crippen LogP contribution in [0.25, 0.3) is 0 Å². The van der Waals surface area contributed by atoms with Crippen LogP contribution in [-0.2, 0) is 6.42 Å². The lowest BCUT2D eigenvalue weighted by molar-refractivity contribution is 0.112. The fourth-order valence-electron chi connectivity index (χ4n) is 2.37. The zero-order chi connectivity index (χ0) is 12.4. The average molecular weight is 252 g/mol. The van der Waals surface area contributed by atoms with Gasteiger partial charge in [0.1, 0.15) is 0 Å². The van der Waals surface area contributed by atoms with Gasteiger partial charge < -0.3 is 4.90 Å². The summed E-state index contributed by atoms with van der Waals surface area (Å²) >= 11 is 1.54. The first-order valence-corrected chi connectivity index (χ1v) is 7.18. The van der Waals surface area contributed by atoms with Gasteiger partial charge in [0.05, 0.1) is 10.6 Å². The molecule has 0 aromatic carbocycles. The van der Waals surface area contributed by atoms with E-state index in [1.807, 2.05) is 6.92 Å². The predicted octanol–water partition coefficient (Wildman–Crippen LogP) is 3.14. The highest BCUT2D eigenvalue weighted by atomic mass is 32.1. The van der Waals surface area contributed by atoms with Crippen molar-refractivity contribution in [3.05, 3.63) is 10.6 Å². The van der Waals surface area contributed by atoms with Gasteiger partial charge in [-0.3, -0.25) is 4.79 Å². The van der Waals surface area contributed by atoms with Gasteiger partial charge in [0.15, 0.2) is 11.4 Å². The summed E-state index contributed by atoms with van der Waals surface area (Å²) in [6.07, 6.45) is 4.29. The lowest BCUT2D eigenvalue weighted by Gasteiger charge is -2.36. The van der Waals surface area contributed by atoms with E-state index < -0.39 is 0 Å². The number of hydrogen-bond donors (Lipinski definition) is 0. The van der Waals surface area contributed by atoms with Gasteiger partial charge in [-0.15, -0.1) is 0 Å². The van der Waals surface area contributed by atoms with Crippen LogP contribution in [0.2, 0.25) is 0 Å².